The molecule has 24 heavy (non-hydrogen) atoms. The Morgan fingerprint density at radius 1 is 0.792 bits per heavy atom. The number of ketones is 2. The summed E-state index contributed by atoms with van der Waals surface area (Å²) in [5.74, 6) is -0.346. The summed E-state index contributed by atoms with van der Waals surface area (Å²) in [6.07, 6.45) is -0.0301. The lowest BCUT2D eigenvalue weighted by Crippen LogP contribution is -2.15. The lowest BCUT2D eigenvalue weighted by atomic mass is 10.1. The largest absolute Gasteiger partial charge is 0.497 e. The molecule has 5 nitrogen and oxygen atoms in total. The van der Waals surface area contributed by atoms with E-state index in [2.05, 4.69) is 0 Å². The van der Waals surface area contributed by atoms with Crippen LogP contribution in [0.15, 0.2) is 54.6 Å². The number of Topliss-reactive ketones (excluding diaryl/α,β-unsaturated/α-hetero) is 2. The zero-order valence-electron chi connectivity index (χ0n) is 13.4. The summed E-state index contributed by atoms with van der Waals surface area (Å²) in [6, 6.07) is 15.2. The number of hydrogen-bond acceptors (Lipinski definition) is 5. The van der Waals surface area contributed by atoms with Crippen LogP contribution in [0, 0.1) is 0 Å². The SMILES string of the molecule is COc1ccc(C(=O)CCC(=O)OCC(=O)c2ccccc2)cc1. The van der Waals surface area contributed by atoms with E-state index in [0.29, 0.717) is 16.9 Å². The van der Waals surface area contributed by atoms with Crippen molar-refractivity contribution in [1.29, 1.82) is 0 Å². The van der Waals surface area contributed by atoms with Crippen molar-refractivity contribution in [2.75, 3.05) is 13.7 Å². The van der Waals surface area contributed by atoms with E-state index in [-0.39, 0.29) is 31.0 Å². The van der Waals surface area contributed by atoms with Crippen molar-refractivity contribution in [3.63, 3.8) is 0 Å². The van der Waals surface area contributed by atoms with Crippen LogP contribution in [0.4, 0.5) is 0 Å². The topological polar surface area (TPSA) is 69.7 Å². The molecule has 5 heteroatoms. The van der Waals surface area contributed by atoms with Gasteiger partial charge in [0, 0.05) is 17.5 Å². The minimum atomic E-state index is -0.568. The van der Waals surface area contributed by atoms with Crippen LogP contribution in [-0.2, 0) is 9.53 Å². The molecule has 0 aliphatic carbocycles. The van der Waals surface area contributed by atoms with Crippen molar-refractivity contribution in [3.05, 3.63) is 65.7 Å². The summed E-state index contributed by atoms with van der Waals surface area (Å²) in [6.45, 7) is -0.320. The van der Waals surface area contributed by atoms with Gasteiger partial charge in [0.2, 0.25) is 0 Å². The maximum atomic E-state index is 12.0. The number of benzene rings is 2. The molecule has 0 atom stereocenters. The standard InChI is InChI=1S/C19H18O5/c1-23-16-9-7-15(8-10-16)17(20)11-12-19(22)24-13-18(21)14-5-3-2-4-6-14/h2-10H,11-13H2,1H3. The molecule has 0 spiro atoms. The van der Waals surface area contributed by atoms with Crippen LogP contribution < -0.4 is 4.74 Å². The molecule has 0 unspecified atom stereocenters. The molecule has 0 amide bonds. The van der Waals surface area contributed by atoms with E-state index in [1.807, 2.05) is 0 Å². The van der Waals surface area contributed by atoms with E-state index in [1.165, 1.54) is 0 Å². The van der Waals surface area contributed by atoms with E-state index < -0.39 is 5.97 Å². The molecule has 0 aromatic heterocycles. The van der Waals surface area contributed by atoms with Gasteiger partial charge in [-0.3, -0.25) is 14.4 Å². The first-order valence-electron chi connectivity index (χ1n) is 7.51. The molecule has 2 aromatic carbocycles. The number of carbonyl (C=O) groups is 3. The summed E-state index contributed by atoms with van der Waals surface area (Å²) >= 11 is 0. The maximum Gasteiger partial charge on any atom is 0.306 e. The molecule has 0 aliphatic rings. The predicted molar refractivity (Wildman–Crippen MR) is 88.3 cm³/mol. The number of rotatable bonds is 8. The van der Waals surface area contributed by atoms with Gasteiger partial charge in [-0.15, -0.1) is 0 Å². The van der Waals surface area contributed by atoms with Crippen LogP contribution in [0.1, 0.15) is 33.6 Å². The quantitative estimate of drug-likeness (QED) is 0.551. The monoisotopic (exact) mass is 326 g/mol. The summed E-state index contributed by atoms with van der Waals surface area (Å²) in [7, 11) is 1.55. The normalized spacial score (nSPS) is 10.0. The molecule has 0 radical (unpaired) electrons. The summed E-state index contributed by atoms with van der Waals surface area (Å²) in [5, 5.41) is 0. The second-order valence-electron chi connectivity index (χ2n) is 5.10. The minimum absolute atomic E-state index is 0.0324. The van der Waals surface area contributed by atoms with Crippen molar-refractivity contribution in [2.45, 2.75) is 12.8 Å². The van der Waals surface area contributed by atoms with Gasteiger partial charge in [0.1, 0.15) is 5.75 Å². The Bertz CT molecular complexity index is 704. The molecule has 0 heterocycles. The van der Waals surface area contributed by atoms with Gasteiger partial charge in [-0.25, -0.2) is 0 Å². The van der Waals surface area contributed by atoms with E-state index in [9.17, 15) is 14.4 Å². The second kappa shape index (κ2) is 8.62. The fourth-order valence-electron chi connectivity index (χ4n) is 2.06. The van der Waals surface area contributed by atoms with Crippen molar-refractivity contribution < 1.29 is 23.9 Å². The van der Waals surface area contributed by atoms with Crippen LogP contribution in [0.3, 0.4) is 0 Å². The molecule has 0 aliphatic heterocycles. The first-order valence-corrected chi connectivity index (χ1v) is 7.51. The molecule has 0 saturated carbocycles. The smallest absolute Gasteiger partial charge is 0.306 e. The van der Waals surface area contributed by atoms with E-state index in [1.54, 1.807) is 61.7 Å². The van der Waals surface area contributed by atoms with Crippen LogP contribution >= 0.6 is 0 Å². The number of hydrogen-bond donors (Lipinski definition) is 0. The van der Waals surface area contributed by atoms with Gasteiger partial charge in [0.25, 0.3) is 0 Å². The molecule has 0 N–H and O–H groups in total. The Hall–Kier alpha value is -2.95. The fraction of sp³-hybridized carbons (Fsp3) is 0.211. The highest BCUT2D eigenvalue weighted by molar-refractivity contribution is 5.99. The molecule has 0 saturated heterocycles. The first kappa shape index (κ1) is 17.4. The Morgan fingerprint density at radius 2 is 1.42 bits per heavy atom. The predicted octanol–water partition coefficient (Wildman–Crippen LogP) is 3.08. The van der Waals surface area contributed by atoms with Gasteiger partial charge < -0.3 is 9.47 Å². The molecular weight excluding hydrogens is 308 g/mol. The molecule has 0 bridgehead atoms. The number of ether oxygens (including phenoxy) is 2. The highest BCUT2D eigenvalue weighted by atomic mass is 16.5. The van der Waals surface area contributed by atoms with Crippen LogP contribution in [0.2, 0.25) is 0 Å². The lowest BCUT2D eigenvalue weighted by molar-refractivity contribution is -0.142. The van der Waals surface area contributed by atoms with Gasteiger partial charge in [0.15, 0.2) is 18.2 Å². The van der Waals surface area contributed by atoms with Gasteiger partial charge in [-0.1, -0.05) is 30.3 Å². The van der Waals surface area contributed by atoms with Crippen LogP contribution in [-0.4, -0.2) is 31.3 Å². The molecule has 2 rings (SSSR count). The van der Waals surface area contributed by atoms with Crippen molar-refractivity contribution in [2.24, 2.45) is 0 Å². The van der Waals surface area contributed by atoms with Crippen molar-refractivity contribution in [1.82, 2.24) is 0 Å². The highest BCUT2D eigenvalue weighted by Gasteiger charge is 2.13. The lowest BCUT2D eigenvalue weighted by Gasteiger charge is -2.05. The Morgan fingerprint density at radius 3 is 2.04 bits per heavy atom. The number of methoxy groups -OCH3 is 1. The molecule has 0 fully saturated rings. The summed E-state index contributed by atoms with van der Waals surface area (Å²) < 4.78 is 9.94. The average Bonchev–Trinajstić information content (AvgIpc) is 2.64. The Balaban J connectivity index is 1.76. The summed E-state index contributed by atoms with van der Waals surface area (Å²) in [4.78, 5) is 35.5. The van der Waals surface area contributed by atoms with Crippen LogP contribution in [0.25, 0.3) is 0 Å². The molecular formula is C19H18O5. The number of carbonyl (C=O) groups excluding carboxylic acids is 3. The van der Waals surface area contributed by atoms with Crippen molar-refractivity contribution in [3.8, 4) is 5.75 Å². The summed E-state index contributed by atoms with van der Waals surface area (Å²) in [5.41, 5.74) is 0.989. The van der Waals surface area contributed by atoms with Gasteiger partial charge in [-0.05, 0) is 24.3 Å². The number of esters is 1. The third-order valence-corrected chi connectivity index (χ3v) is 3.43. The highest BCUT2D eigenvalue weighted by Crippen LogP contribution is 2.13. The Labute approximate surface area is 140 Å². The Kier molecular flexibility index (Phi) is 6.25. The first-order chi connectivity index (χ1) is 11.6. The average molecular weight is 326 g/mol. The van der Waals surface area contributed by atoms with Crippen LogP contribution in [0.5, 0.6) is 5.75 Å². The van der Waals surface area contributed by atoms with Gasteiger partial charge >= 0.3 is 5.97 Å². The van der Waals surface area contributed by atoms with Gasteiger partial charge in [0.05, 0.1) is 13.5 Å². The van der Waals surface area contributed by atoms with E-state index >= 15 is 0 Å². The second-order valence-corrected chi connectivity index (χ2v) is 5.10. The van der Waals surface area contributed by atoms with Crippen molar-refractivity contribution >= 4 is 17.5 Å². The van der Waals surface area contributed by atoms with E-state index in [0.717, 1.165) is 0 Å². The molecule has 124 valence electrons. The van der Waals surface area contributed by atoms with Gasteiger partial charge in [-0.2, -0.15) is 0 Å². The zero-order valence-corrected chi connectivity index (χ0v) is 13.4. The fourth-order valence-corrected chi connectivity index (χ4v) is 2.06. The third-order valence-electron chi connectivity index (χ3n) is 3.43. The van der Waals surface area contributed by atoms with E-state index in [4.69, 9.17) is 9.47 Å². The third kappa shape index (κ3) is 5.05. The zero-order chi connectivity index (χ0) is 17.4. The molecule has 2 aromatic rings. The minimum Gasteiger partial charge on any atom is -0.497 e. The maximum absolute atomic E-state index is 12.0.